The molecule has 0 saturated carbocycles. The van der Waals surface area contributed by atoms with Crippen molar-refractivity contribution in [1.29, 1.82) is 0 Å². The van der Waals surface area contributed by atoms with Crippen molar-refractivity contribution in [1.82, 2.24) is 0 Å². The monoisotopic (exact) mass is 1180 g/mol. The molecule has 0 fully saturated rings. The van der Waals surface area contributed by atoms with Gasteiger partial charge in [-0.3, -0.25) is 18.6 Å². The largest absolute Gasteiger partial charge is 0.472 e. The average molecular weight is 1180 g/mol. The maximum absolute atomic E-state index is 12.8. The molecule has 0 amide bonds. The van der Waals surface area contributed by atoms with Gasteiger partial charge in [0.05, 0.1) is 27.7 Å². The standard InChI is InChI=1S/C74H118NO8P/c1-6-8-10-12-14-16-18-20-22-24-26-28-30-32-34-36-37-39-41-43-45-47-49-51-53-55-57-59-61-63-65-67-74(77)83-72(71-82-84(78,79)81-69-68-75(3,4)5)70-80-73(76)66-64-62-60-58-56-54-52-50-48-46-44-42-40-38-35-33-31-29-27-25-23-21-19-17-15-13-11-9-7-2/h8-11,14-17,20-23,26-29,32-35,37,39-40,42-43,45,49,51,55,57,72H,6-7,12-13,18-19,24-25,30-31,36,38,41,44,46-48,50,52-54,56,58-71H2,1-5H3/p+1/b10-8-,11-9-,16-14-,17-15-,22-20-,23-21-,28-26-,29-27-,34-32-,35-33-,39-37-,42-40-,45-43-,51-49-,57-55-. The highest BCUT2D eigenvalue weighted by Gasteiger charge is 2.27. The van der Waals surface area contributed by atoms with Crippen LogP contribution in [0.1, 0.15) is 219 Å². The van der Waals surface area contributed by atoms with Gasteiger partial charge in [-0.25, -0.2) is 4.57 Å². The third kappa shape index (κ3) is 66.3. The zero-order valence-electron chi connectivity index (χ0n) is 53.6. The summed E-state index contributed by atoms with van der Waals surface area (Å²) in [6.07, 6.45) is 96.9. The van der Waals surface area contributed by atoms with Gasteiger partial charge in [0, 0.05) is 12.8 Å². The van der Waals surface area contributed by atoms with Crippen LogP contribution in [0.2, 0.25) is 0 Å². The van der Waals surface area contributed by atoms with Gasteiger partial charge in [0.25, 0.3) is 0 Å². The molecule has 0 aliphatic rings. The van der Waals surface area contributed by atoms with Crippen molar-refractivity contribution >= 4 is 19.8 Å². The molecule has 0 bridgehead atoms. The third-order valence-corrected chi connectivity index (χ3v) is 13.9. The second-order valence-corrected chi connectivity index (χ2v) is 23.5. The molecule has 0 saturated heterocycles. The summed E-state index contributed by atoms with van der Waals surface area (Å²) in [7, 11) is 1.42. The number of nitrogens with zero attached hydrogens (tertiary/aromatic N) is 1. The smallest absolute Gasteiger partial charge is 0.462 e. The Labute approximate surface area is 514 Å². The number of hydrogen-bond acceptors (Lipinski definition) is 7. The van der Waals surface area contributed by atoms with E-state index in [2.05, 4.69) is 196 Å². The molecule has 0 aromatic carbocycles. The molecule has 0 aliphatic heterocycles. The second kappa shape index (κ2) is 62.6. The molecule has 0 aromatic rings. The summed E-state index contributed by atoms with van der Waals surface area (Å²) in [5, 5.41) is 0. The number of carbonyl (C=O) groups excluding carboxylic acids is 2. The summed E-state index contributed by atoms with van der Waals surface area (Å²) in [6, 6.07) is 0. The maximum Gasteiger partial charge on any atom is 0.472 e. The van der Waals surface area contributed by atoms with E-state index >= 15 is 0 Å². The Morgan fingerprint density at radius 2 is 0.643 bits per heavy atom. The highest BCUT2D eigenvalue weighted by atomic mass is 31.2. The number of phosphoric acid groups is 1. The summed E-state index contributed by atoms with van der Waals surface area (Å²) in [6.45, 7) is 4.13. The van der Waals surface area contributed by atoms with Crippen LogP contribution in [0.3, 0.4) is 0 Å². The Morgan fingerprint density at radius 1 is 0.369 bits per heavy atom. The lowest BCUT2D eigenvalue weighted by Crippen LogP contribution is -2.37. The minimum atomic E-state index is -4.42. The SMILES string of the molecule is CC/C=C\C/C=C\C/C=C\C/C=C\C/C=C\C/C=C\C/C=C\C/C=C\C/C=C\CCCCCC(=O)OC(COC(=O)CCCCCCCCCCCC/C=C\C/C=C\C/C=C\C/C=C\C/C=C\C/C=C\CC)COP(=O)(O)OCC[N+](C)(C)C. The van der Waals surface area contributed by atoms with Crippen molar-refractivity contribution in [3.05, 3.63) is 182 Å². The molecule has 0 rings (SSSR count). The predicted octanol–water partition coefficient (Wildman–Crippen LogP) is 21.1. The van der Waals surface area contributed by atoms with Crippen molar-refractivity contribution in [2.75, 3.05) is 47.5 Å². The van der Waals surface area contributed by atoms with E-state index in [-0.39, 0.29) is 32.0 Å². The number of likely N-dealkylation sites (N-methyl/N-ethyl adjacent to an activating group) is 1. The van der Waals surface area contributed by atoms with Crippen molar-refractivity contribution < 1.29 is 42.1 Å². The van der Waals surface area contributed by atoms with Crippen LogP contribution in [0, 0.1) is 0 Å². The van der Waals surface area contributed by atoms with Crippen LogP contribution in [0.15, 0.2) is 182 Å². The number of allylic oxidation sites excluding steroid dienone is 30. The van der Waals surface area contributed by atoms with Gasteiger partial charge in [-0.15, -0.1) is 0 Å². The lowest BCUT2D eigenvalue weighted by molar-refractivity contribution is -0.870. The predicted molar refractivity (Wildman–Crippen MR) is 362 cm³/mol. The highest BCUT2D eigenvalue weighted by molar-refractivity contribution is 7.47. The van der Waals surface area contributed by atoms with E-state index in [1.54, 1.807) is 0 Å². The van der Waals surface area contributed by atoms with E-state index in [9.17, 15) is 19.0 Å². The molecule has 0 radical (unpaired) electrons. The van der Waals surface area contributed by atoms with Crippen molar-refractivity contribution in [3.63, 3.8) is 0 Å². The van der Waals surface area contributed by atoms with Crippen LogP contribution in [0.4, 0.5) is 0 Å². The number of quaternary nitrogens is 1. The molecule has 84 heavy (non-hydrogen) atoms. The molecule has 0 spiro atoms. The Hall–Kier alpha value is -4.89. The Kier molecular flexibility index (Phi) is 59.0. The zero-order valence-corrected chi connectivity index (χ0v) is 54.4. The first-order chi connectivity index (χ1) is 41.0. The fourth-order valence-electron chi connectivity index (χ4n) is 8.01. The molecular formula is C74H119NO8P+. The lowest BCUT2D eigenvalue weighted by Gasteiger charge is -2.24. The first kappa shape index (κ1) is 79.1. The van der Waals surface area contributed by atoms with Crippen molar-refractivity contribution in [2.24, 2.45) is 0 Å². The quantitative estimate of drug-likeness (QED) is 0.0211. The molecule has 10 heteroatoms. The topological polar surface area (TPSA) is 108 Å². The molecule has 1 N–H and O–H groups in total. The number of ether oxygens (including phenoxy) is 2. The molecular weight excluding hydrogens is 1060 g/mol. The summed E-state index contributed by atoms with van der Waals surface area (Å²) in [4.78, 5) is 35.8. The number of unbranched alkanes of at least 4 members (excludes halogenated alkanes) is 13. The van der Waals surface area contributed by atoms with Gasteiger partial charge in [0.1, 0.15) is 19.8 Å². The fraction of sp³-hybridized carbons (Fsp3) is 0.568. The minimum absolute atomic E-state index is 0.0133. The van der Waals surface area contributed by atoms with Gasteiger partial charge >= 0.3 is 19.8 Å². The molecule has 0 aromatic heterocycles. The van der Waals surface area contributed by atoms with Crippen LogP contribution in [0.5, 0.6) is 0 Å². The summed E-state index contributed by atoms with van der Waals surface area (Å²) < 4.78 is 34.6. The van der Waals surface area contributed by atoms with Gasteiger partial charge in [0.15, 0.2) is 6.10 Å². The normalized spacial score (nSPS) is 14.4. The van der Waals surface area contributed by atoms with Crippen LogP contribution in [-0.2, 0) is 32.7 Å². The molecule has 9 nitrogen and oxygen atoms in total. The van der Waals surface area contributed by atoms with E-state index in [1.165, 1.54) is 38.5 Å². The van der Waals surface area contributed by atoms with Gasteiger partial charge in [-0.2, -0.15) is 0 Å². The first-order valence-corrected chi connectivity index (χ1v) is 34.0. The van der Waals surface area contributed by atoms with Crippen LogP contribution < -0.4 is 0 Å². The van der Waals surface area contributed by atoms with Gasteiger partial charge < -0.3 is 18.9 Å². The number of hydrogen-bond donors (Lipinski definition) is 1. The van der Waals surface area contributed by atoms with E-state index in [4.69, 9.17) is 18.5 Å². The average Bonchev–Trinajstić information content (AvgIpc) is 3.61. The van der Waals surface area contributed by atoms with E-state index < -0.39 is 26.5 Å². The third-order valence-electron chi connectivity index (χ3n) is 12.9. The first-order valence-electron chi connectivity index (χ1n) is 32.5. The number of carbonyl (C=O) groups is 2. The second-order valence-electron chi connectivity index (χ2n) is 22.0. The minimum Gasteiger partial charge on any atom is -0.462 e. The van der Waals surface area contributed by atoms with E-state index in [0.717, 1.165) is 148 Å². The summed E-state index contributed by atoms with van der Waals surface area (Å²) in [5.74, 6) is -0.856. The Bertz CT molecular complexity index is 2070. The number of phosphoric ester groups is 1. The fourth-order valence-corrected chi connectivity index (χ4v) is 8.75. The lowest BCUT2D eigenvalue weighted by atomic mass is 10.1. The molecule has 0 heterocycles. The van der Waals surface area contributed by atoms with Gasteiger partial charge in [-0.05, 0) is 135 Å². The van der Waals surface area contributed by atoms with E-state index in [0.29, 0.717) is 17.4 Å². The zero-order chi connectivity index (χ0) is 61.2. The van der Waals surface area contributed by atoms with Gasteiger partial charge in [0.2, 0.25) is 0 Å². The van der Waals surface area contributed by atoms with Crippen LogP contribution in [0.25, 0.3) is 0 Å². The number of rotatable bonds is 57. The molecule has 2 atom stereocenters. The highest BCUT2D eigenvalue weighted by Crippen LogP contribution is 2.43. The number of esters is 2. The Morgan fingerprint density at radius 3 is 0.964 bits per heavy atom. The summed E-state index contributed by atoms with van der Waals surface area (Å²) >= 11 is 0. The van der Waals surface area contributed by atoms with Crippen LogP contribution in [-0.4, -0.2) is 74.9 Å². The summed E-state index contributed by atoms with van der Waals surface area (Å²) in [5.41, 5.74) is 0. The van der Waals surface area contributed by atoms with Crippen molar-refractivity contribution in [3.8, 4) is 0 Å². The van der Waals surface area contributed by atoms with Crippen LogP contribution >= 0.6 is 7.82 Å². The maximum atomic E-state index is 12.8. The molecule has 472 valence electrons. The van der Waals surface area contributed by atoms with E-state index in [1.807, 2.05) is 21.1 Å². The Balaban J connectivity index is 4.26. The molecule has 2 unspecified atom stereocenters. The van der Waals surface area contributed by atoms with Gasteiger partial charge in [-0.1, -0.05) is 254 Å². The molecule has 0 aliphatic carbocycles. The van der Waals surface area contributed by atoms with Crippen molar-refractivity contribution in [2.45, 2.75) is 225 Å².